The SMILES string of the molecule is O=C(O)OCC(NC(=O)C(Cl)(Cl)Cl)c1ccc([N+](=O)[O-])cc1. The first-order chi connectivity index (χ1) is 10.1. The number of nitrogens with zero attached hydrogens (tertiary/aromatic N) is 1. The van der Waals surface area contributed by atoms with Crippen LogP contribution in [0.2, 0.25) is 0 Å². The first-order valence-corrected chi connectivity index (χ1v) is 6.72. The van der Waals surface area contributed by atoms with Gasteiger partial charge in [0.2, 0.25) is 0 Å². The fourth-order valence-electron chi connectivity index (χ4n) is 1.44. The monoisotopic (exact) mass is 370 g/mol. The Bertz CT molecular complexity index is 572. The van der Waals surface area contributed by atoms with Gasteiger partial charge in [0.1, 0.15) is 6.61 Å². The number of hydrogen-bond acceptors (Lipinski definition) is 5. The Balaban J connectivity index is 2.96. The second kappa shape index (κ2) is 7.48. The number of alkyl halides is 3. The molecule has 0 spiro atoms. The summed E-state index contributed by atoms with van der Waals surface area (Å²) in [6.07, 6.45) is -1.56. The minimum absolute atomic E-state index is 0.172. The minimum Gasteiger partial charge on any atom is -0.450 e. The molecule has 22 heavy (non-hydrogen) atoms. The number of halogens is 3. The van der Waals surface area contributed by atoms with Crippen molar-refractivity contribution in [2.75, 3.05) is 6.61 Å². The molecule has 0 radical (unpaired) electrons. The highest BCUT2D eigenvalue weighted by Gasteiger charge is 2.33. The van der Waals surface area contributed by atoms with Crippen molar-refractivity contribution in [2.24, 2.45) is 0 Å². The Labute approximate surface area is 139 Å². The van der Waals surface area contributed by atoms with Crippen LogP contribution in [0.1, 0.15) is 11.6 Å². The van der Waals surface area contributed by atoms with Crippen LogP contribution in [-0.4, -0.2) is 32.5 Å². The fraction of sp³-hybridized carbons (Fsp3) is 0.273. The summed E-state index contributed by atoms with van der Waals surface area (Å²) in [6.45, 7) is -0.459. The molecule has 0 saturated heterocycles. The van der Waals surface area contributed by atoms with Gasteiger partial charge in [-0.25, -0.2) is 4.79 Å². The first-order valence-electron chi connectivity index (χ1n) is 5.59. The van der Waals surface area contributed by atoms with Crippen molar-refractivity contribution < 1.29 is 24.4 Å². The van der Waals surface area contributed by atoms with E-state index in [2.05, 4.69) is 10.1 Å². The predicted octanol–water partition coefficient (Wildman–Crippen LogP) is 2.82. The number of benzene rings is 1. The molecule has 0 aromatic heterocycles. The number of nitro groups is 1. The summed E-state index contributed by atoms with van der Waals surface area (Å²) >= 11 is 16.3. The summed E-state index contributed by atoms with van der Waals surface area (Å²) in [6, 6.07) is 4.05. The number of carbonyl (C=O) groups excluding carboxylic acids is 1. The highest BCUT2D eigenvalue weighted by Crippen LogP contribution is 2.27. The number of ether oxygens (including phenoxy) is 1. The number of nitro benzene ring substituents is 1. The second-order valence-electron chi connectivity index (χ2n) is 3.95. The van der Waals surface area contributed by atoms with Crippen LogP contribution in [-0.2, 0) is 9.53 Å². The van der Waals surface area contributed by atoms with E-state index in [4.69, 9.17) is 39.9 Å². The summed E-state index contributed by atoms with van der Waals surface area (Å²) in [4.78, 5) is 32.1. The third kappa shape index (κ3) is 5.55. The zero-order valence-electron chi connectivity index (χ0n) is 10.7. The van der Waals surface area contributed by atoms with Gasteiger partial charge in [-0.1, -0.05) is 46.9 Å². The third-order valence-corrected chi connectivity index (χ3v) is 2.96. The molecule has 0 bridgehead atoms. The molecule has 11 heteroatoms. The molecule has 8 nitrogen and oxygen atoms in total. The number of carboxylic acid groups (broad SMARTS) is 1. The van der Waals surface area contributed by atoms with Gasteiger partial charge in [-0.2, -0.15) is 0 Å². The lowest BCUT2D eigenvalue weighted by molar-refractivity contribution is -0.384. The van der Waals surface area contributed by atoms with E-state index in [9.17, 15) is 19.7 Å². The van der Waals surface area contributed by atoms with E-state index in [1.54, 1.807) is 0 Å². The second-order valence-corrected chi connectivity index (χ2v) is 6.23. The van der Waals surface area contributed by atoms with Crippen molar-refractivity contribution in [1.29, 1.82) is 0 Å². The molecular formula is C11H9Cl3N2O6. The Morgan fingerprint density at radius 2 is 1.86 bits per heavy atom. The number of carbonyl (C=O) groups is 2. The summed E-state index contributed by atoms with van der Waals surface area (Å²) in [5.41, 5.74) is 0.170. The standard InChI is InChI=1S/C11H9Cl3N2O6/c12-11(13,14)9(17)15-8(5-22-10(18)19)6-1-3-7(4-2-6)16(20)21/h1-4,8H,5H2,(H,15,17)(H,18,19). The van der Waals surface area contributed by atoms with E-state index in [1.807, 2.05) is 0 Å². The highest BCUT2D eigenvalue weighted by molar-refractivity contribution is 6.76. The van der Waals surface area contributed by atoms with Crippen LogP contribution in [0.5, 0.6) is 0 Å². The molecule has 0 aliphatic heterocycles. The molecular weight excluding hydrogens is 362 g/mol. The molecule has 0 fully saturated rings. The van der Waals surface area contributed by atoms with Crippen LogP contribution in [0.3, 0.4) is 0 Å². The van der Waals surface area contributed by atoms with Crippen LogP contribution in [0.25, 0.3) is 0 Å². The number of non-ortho nitro benzene ring substituents is 1. The molecule has 0 aliphatic carbocycles. The van der Waals surface area contributed by atoms with Crippen molar-refractivity contribution in [2.45, 2.75) is 9.83 Å². The number of amides is 1. The Morgan fingerprint density at radius 1 is 1.32 bits per heavy atom. The van der Waals surface area contributed by atoms with Gasteiger partial charge in [0.15, 0.2) is 0 Å². The average molecular weight is 372 g/mol. The minimum atomic E-state index is -2.25. The molecule has 1 aromatic rings. The summed E-state index contributed by atoms with van der Waals surface area (Å²) in [5.74, 6) is -0.991. The van der Waals surface area contributed by atoms with Crippen molar-refractivity contribution in [1.82, 2.24) is 5.32 Å². The topological polar surface area (TPSA) is 119 Å². The van der Waals surface area contributed by atoms with Crippen molar-refractivity contribution in [3.63, 3.8) is 0 Å². The maximum Gasteiger partial charge on any atom is 0.505 e. The molecule has 1 unspecified atom stereocenters. The molecule has 0 saturated carbocycles. The molecule has 120 valence electrons. The van der Waals surface area contributed by atoms with Crippen molar-refractivity contribution >= 4 is 52.6 Å². The van der Waals surface area contributed by atoms with Gasteiger partial charge in [-0.3, -0.25) is 14.9 Å². The summed E-state index contributed by atoms with van der Waals surface area (Å²) in [5, 5.41) is 21.4. The van der Waals surface area contributed by atoms with E-state index in [0.29, 0.717) is 5.56 Å². The number of rotatable bonds is 5. The van der Waals surface area contributed by atoms with E-state index >= 15 is 0 Å². The quantitative estimate of drug-likeness (QED) is 0.355. The third-order valence-electron chi connectivity index (χ3n) is 2.44. The smallest absolute Gasteiger partial charge is 0.450 e. The maximum atomic E-state index is 11.7. The molecule has 0 heterocycles. The Kier molecular flexibility index (Phi) is 6.21. The molecule has 2 N–H and O–H groups in total. The highest BCUT2D eigenvalue weighted by atomic mass is 35.6. The van der Waals surface area contributed by atoms with Gasteiger partial charge in [-0.05, 0) is 5.56 Å². The number of nitrogens with one attached hydrogen (secondary N) is 1. The molecule has 0 aliphatic rings. The predicted molar refractivity (Wildman–Crippen MR) is 78.2 cm³/mol. The van der Waals surface area contributed by atoms with Gasteiger partial charge in [0.25, 0.3) is 15.4 Å². The lowest BCUT2D eigenvalue weighted by Gasteiger charge is -2.20. The van der Waals surface area contributed by atoms with Crippen LogP contribution in [0.4, 0.5) is 10.5 Å². The van der Waals surface area contributed by atoms with Crippen molar-refractivity contribution in [3.05, 3.63) is 39.9 Å². The molecule has 1 amide bonds. The van der Waals surface area contributed by atoms with Crippen LogP contribution in [0, 0.1) is 10.1 Å². The van der Waals surface area contributed by atoms with Gasteiger partial charge in [0, 0.05) is 12.1 Å². The van der Waals surface area contributed by atoms with Crippen LogP contribution < -0.4 is 5.32 Å². The van der Waals surface area contributed by atoms with E-state index in [1.165, 1.54) is 24.3 Å². The zero-order chi connectivity index (χ0) is 16.9. The van der Waals surface area contributed by atoms with Gasteiger partial charge in [0.05, 0.1) is 11.0 Å². The lowest BCUT2D eigenvalue weighted by atomic mass is 10.1. The van der Waals surface area contributed by atoms with Gasteiger partial charge in [-0.15, -0.1) is 0 Å². The van der Waals surface area contributed by atoms with Crippen molar-refractivity contribution in [3.8, 4) is 0 Å². The van der Waals surface area contributed by atoms with Gasteiger partial charge >= 0.3 is 6.16 Å². The molecule has 1 atom stereocenters. The van der Waals surface area contributed by atoms with E-state index in [-0.39, 0.29) is 5.69 Å². The average Bonchev–Trinajstić information content (AvgIpc) is 2.42. The lowest BCUT2D eigenvalue weighted by Crippen LogP contribution is -2.39. The summed E-state index contributed by atoms with van der Waals surface area (Å²) in [7, 11) is 0. The van der Waals surface area contributed by atoms with Crippen LogP contribution >= 0.6 is 34.8 Å². The molecule has 1 aromatic carbocycles. The molecule has 1 rings (SSSR count). The van der Waals surface area contributed by atoms with E-state index in [0.717, 1.165) is 0 Å². The maximum absolute atomic E-state index is 11.7. The van der Waals surface area contributed by atoms with Gasteiger partial charge < -0.3 is 15.2 Å². The van der Waals surface area contributed by atoms with E-state index < -0.39 is 33.4 Å². The Morgan fingerprint density at radius 3 is 2.27 bits per heavy atom. The normalized spacial score (nSPS) is 12.3. The zero-order valence-corrected chi connectivity index (χ0v) is 12.9. The fourth-order valence-corrected chi connectivity index (χ4v) is 1.61. The number of hydrogen-bond donors (Lipinski definition) is 2. The Hall–Kier alpha value is -1.77. The largest absolute Gasteiger partial charge is 0.505 e. The first kappa shape index (κ1) is 18.3. The van der Waals surface area contributed by atoms with Crippen LogP contribution in [0.15, 0.2) is 24.3 Å². The summed E-state index contributed by atoms with van der Waals surface area (Å²) < 4.78 is 2.14.